The summed E-state index contributed by atoms with van der Waals surface area (Å²) in [6.07, 6.45) is 3.57. The Morgan fingerprint density at radius 2 is 1.84 bits per heavy atom. The molecule has 1 heterocycles. The van der Waals surface area contributed by atoms with Crippen LogP contribution < -0.4 is 0 Å². The van der Waals surface area contributed by atoms with E-state index in [9.17, 15) is 29.5 Å². The summed E-state index contributed by atoms with van der Waals surface area (Å²) in [4.78, 5) is 51.1. The predicted molar refractivity (Wildman–Crippen MR) is 111 cm³/mol. The fourth-order valence-corrected chi connectivity index (χ4v) is 5.87. The number of halogens is 1. The normalized spacial score (nSPS) is 30.1. The molecule has 1 aromatic carbocycles. The molecule has 158 valence electrons. The minimum Gasteiger partial charge on any atom is -0.508 e. The molecule has 1 aromatic rings. The lowest BCUT2D eigenvalue weighted by Gasteiger charge is -2.42. The van der Waals surface area contributed by atoms with Gasteiger partial charge in [-0.15, -0.1) is 0 Å². The number of hydroxylamine groups is 2. The lowest BCUT2D eigenvalue weighted by Crippen LogP contribution is -2.39. The van der Waals surface area contributed by atoms with Gasteiger partial charge in [-0.25, -0.2) is 0 Å². The molecule has 8 heteroatoms. The quantitative estimate of drug-likeness (QED) is 0.275. The summed E-state index contributed by atoms with van der Waals surface area (Å²) in [6, 6.07) is 5.02. The Balaban J connectivity index is 1.72. The Hall–Kier alpha value is -2.84. The molecule has 1 saturated heterocycles. The molecule has 0 aromatic heterocycles. The first-order chi connectivity index (χ1) is 14.7. The maximum atomic E-state index is 13.0. The van der Waals surface area contributed by atoms with Crippen molar-refractivity contribution >= 4 is 39.3 Å². The van der Waals surface area contributed by atoms with Crippen LogP contribution in [-0.4, -0.2) is 38.8 Å². The van der Waals surface area contributed by atoms with Crippen LogP contribution in [0, 0.1) is 24.7 Å². The minimum absolute atomic E-state index is 0.115. The number of amides is 2. The maximum absolute atomic E-state index is 13.0. The van der Waals surface area contributed by atoms with E-state index in [4.69, 9.17) is 0 Å². The fraction of sp³-hybridized carbons (Fsp3) is 0.304. The molecule has 3 aliphatic carbocycles. The highest BCUT2D eigenvalue weighted by molar-refractivity contribution is 9.12. The third kappa shape index (κ3) is 2.74. The molecule has 7 nitrogen and oxygen atoms in total. The average Bonchev–Trinajstić information content (AvgIpc) is 2.97. The van der Waals surface area contributed by atoms with Crippen molar-refractivity contribution in [2.45, 2.75) is 25.7 Å². The number of phenolic OH excluding ortho intramolecular Hbond substituents is 1. The van der Waals surface area contributed by atoms with Crippen LogP contribution in [0.5, 0.6) is 5.75 Å². The van der Waals surface area contributed by atoms with Crippen LogP contribution in [0.2, 0.25) is 0 Å². The van der Waals surface area contributed by atoms with Gasteiger partial charge in [-0.05, 0) is 58.8 Å². The zero-order chi connectivity index (χ0) is 22.2. The second-order valence-corrected chi connectivity index (χ2v) is 9.28. The smallest absolute Gasteiger partial charge is 0.257 e. The van der Waals surface area contributed by atoms with Gasteiger partial charge in [0.05, 0.1) is 16.3 Å². The number of aromatic hydroxyl groups is 1. The largest absolute Gasteiger partial charge is 0.508 e. The molecule has 0 spiro atoms. The second-order valence-electron chi connectivity index (χ2n) is 8.43. The van der Waals surface area contributed by atoms with Crippen molar-refractivity contribution in [2.75, 3.05) is 0 Å². The number of hydrogen-bond donors (Lipinski definition) is 2. The van der Waals surface area contributed by atoms with Crippen molar-refractivity contribution in [3.63, 3.8) is 0 Å². The zero-order valence-electron chi connectivity index (χ0n) is 16.5. The van der Waals surface area contributed by atoms with Gasteiger partial charge in [0.25, 0.3) is 11.8 Å². The first-order valence-electron chi connectivity index (χ1n) is 9.96. The van der Waals surface area contributed by atoms with Gasteiger partial charge in [-0.2, -0.15) is 5.06 Å². The van der Waals surface area contributed by atoms with E-state index in [1.54, 1.807) is 25.1 Å². The summed E-state index contributed by atoms with van der Waals surface area (Å²) in [5.41, 5.74) is 2.85. The second kappa shape index (κ2) is 6.83. The molecule has 4 atom stereocenters. The van der Waals surface area contributed by atoms with E-state index in [0.29, 0.717) is 16.7 Å². The Labute approximate surface area is 185 Å². The number of carbonyl (C=O) groups excluding carboxylic acids is 4. The van der Waals surface area contributed by atoms with Crippen LogP contribution in [0.4, 0.5) is 0 Å². The van der Waals surface area contributed by atoms with Crippen molar-refractivity contribution in [1.82, 2.24) is 5.06 Å². The van der Waals surface area contributed by atoms with E-state index in [0.717, 1.165) is 11.1 Å². The number of phenols is 1. The van der Waals surface area contributed by atoms with E-state index in [1.807, 2.05) is 6.08 Å². The van der Waals surface area contributed by atoms with Crippen molar-refractivity contribution in [2.24, 2.45) is 17.8 Å². The Bertz CT molecular complexity index is 1190. The van der Waals surface area contributed by atoms with E-state index < -0.39 is 35.5 Å². The number of benzene rings is 1. The maximum Gasteiger partial charge on any atom is 0.257 e. The highest BCUT2D eigenvalue weighted by Gasteiger charge is 2.56. The minimum atomic E-state index is -0.778. The number of aryl methyl sites for hydroxylation is 1. The van der Waals surface area contributed by atoms with Gasteiger partial charge in [0, 0.05) is 23.1 Å². The van der Waals surface area contributed by atoms with Gasteiger partial charge in [0.2, 0.25) is 0 Å². The van der Waals surface area contributed by atoms with Crippen LogP contribution in [0.1, 0.15) is 29.9 Å². The number of allylic oxidation sites excluding steroid dienone is 6. The topological polar surface area (TPSA) is 112 Å². The first-order valence-corrected chi connectivity index (χ1v) is 10.8. The monoisotopic (exact) mass is 483 g/mol. The van der Waals surface area contributed by atoms with Crippen molar-refractivity contribution in [1.29, 1.82) is 0 Å². The molecule has 2 N–H and O–H groups in total. The van der Waals surface area contributed by atoms with Crippen LogP contribution in [-0.2, 0) is 19.2 Å². The van der Waals surface area contributed by atoms with Crippen LogP contribution in [0.25, 0.3) is 0 Å². The standard InChI is InChI=1S/C23H18BrNO6/c1-9-6-10(2-5-16(9)26)18-11-3-4-12-19(23(30)25(31)22(12)29)13(11)7-14-20(18)17(27)8-15(24)21(14)28/h2-3,5-6,8,12-13,18-19,26,31H,4,7H2,1H3/t12-,13+,18-,19-/m0/s1. The summed E-state index contributed by atoms with van der Waals surface area (Å²) >= 11 is 3.17. The van der Waals surface area contributed by atoms with Crippen LogP contribution in [0.3, 0.4) is 0 Å². The van der Waals surface area contributed by atoms with Crippen molar-refractivity contribution in [3.8, 4) is 5.75 Å². The Morgan fingerprint density at radius 1 is 1.10 bits per heavy atom. The van der Waals surface area contributed by atoms with E-state index >= 15 is 0 Å². The van der Waals surface area contributed by atoms with Crippen molar-refractivity contribution < 1.29 is 29.5 Å². The van der Waals surface area contributed by atoms with Gasteiger partial charge in [-0.3, -0.25) is 24.4 Å². The molecule has 0 saturated carbocycles. The van der Waals surface area contributed by atoms with Gasteiger partial charge in [0.1, 0.15) is 5.75 Å². The number of hydrogen-bond acceptors (Lipinski definition) is 6. The molecular formula is C23H18BrNO6. The molecular weight excluding hydrogens is 466 g/mol. The first kappa shape index (κ1) is 20.1. The predicted octanol–water partition coefficient (Wildman–Crippen LogP) is 2.85. The molecule has 0 bridgehead atoms. The number of ketones is 2. The summed E-state index contributed by atoms with van der Waals surface area (Å²) < 4.78 is 0.161. The van der Waals surface area contributed by atoms with Gasteiger partial charge >= 0.3 is 0 Å². The number of Topliss-reactive ketones (excluding diaryl/α,β-unsaturated/α-hetero) is 1. The van der Waals surface area contributed by atoms with Crippen LogP contribution >= 0.6 is 15.9 Å². The van der Waals surface area contributed by atoms with E-state index in [-0.39, 0.29) is 39.7 Å². The average molecular weight is 484 g/mol. The number of rotatable bonds is 1. The molecule has 31 heavy (non-hydrogen) atoms. The van der Waals surface area contributed by atoms with Crippen LogP contribution in [0.15, 0.2) is 51.6 Å². The third-order valence-corrected chi connectivity index (χ3v) is 7.45. The molecule has 0 radical (unpaired) electrons. The summed E-state index contributed by atoms with van der Waals surface area (Å²) in [5, 5.41) is 20.1. The lowest BCUT2D eigenvalue weighted by atomic mass is 9.59. The summed E-state index contributed by atoms with van der Waals surface area (Å²) in [7, 11) is 0. The van der Waals surface area contributed by atoms with Gasteiger partial charge in [0.15, 0.2) is 11.6 Å². The van der Waals surface area contributed by atoms with Gasteiger partial charge < -0.3 is 5.11 Å². The highest BCUT2D eigenvalue weighted by atomic mass is 79.9. The fourth-order valence-electron chi connectivity index (χ4n) is 5.43. The number of fused-ring (bicyclic) bond motifs is 3. The Kier molecular flexibility index (Phi) is 4.43. The third-order valence-electron chi connectivity index (χ3n) is 6.86. The molecule has 0 unspecified atom stereocenters. The summed E-state index contributed by atoms with van der Waals surface area (Å²) in [6.45, 7) is 1.74. The van der Waals surface area contributed by atoms with E-state index in [2.05, 4.69) is 15.9 Å². The number of nitrogens with zero attached hydrogens (tertiary/aromatic N) is 1. The number of imide groups is 1. The zero-order valence-corrected chi connectivity index (χ0v) is 18.0. The van der Waals surface area contributed by atoms with Crippen molar-refractivity contribution in [3.05, 3.63) is 62.7 Å². The lowest BCUT2D eigenvalue weighted by molar-refractivity contribution is -0.173. The SMILES string of the molecule is Cc1cc([C@H]2C3=CC[C@@H]4C(=O)N(O)C(=O)[C@@H]4[C@@H]3CC3=C2C(=O)C=C(Br)C3=O)ccc1O. The molecule has 1 fully saturated rings. The highest BCUT2D eigenvalue weighted by Crippen LogP contribution is 2.55. The molecule has 5 rings (SSSR count). The van der Waals surface area contributed by atoms with Gasteiger partial charge in [-0.1, -0.05) is 23.8 Å². The van der Waals surface area contributed by atoms with E-state index in [1.165, 1.54) is 6.08 Å². The summed E-state index contributed by atoms with van der Waals surface area (Å²) in [5.74, 6) is -4.29. The molecule has 4 aliphatic rings. The molecule has 1 aliphatic heterocycles. The Morgan fingerprint density at radius 3 is 2.55 bits per heavy atom. The number of carbonyl (C=O) groups is 4. The molecule has 2 amide bonds.